The molecule has 0 radical (unpaired) electrons. The van der Waals surface area contributed by atoms with Crippen LogP contribution in [0.5, 0.6) is 11.5 Å². The van der Waals surface area contributed by atoms with Crippen molar-refractivity contribution in [3.05, 3.63) is 81.2 Å². The first kappa shape index (κ1) is 17.7. The van der Waals surface area contributed by atoms with E-state index >= 15 is 0 Å². The van der Waals surface area contributed by atoms with Crippen molar-refractivity contribution in [2.45, 2.75) is 25.2 Å². The molecule has 0 saturated carbocycles. The molecule has 5 nitrogen and oxygen atoms in total. The summed E-state index contributed by atoms with van der Waals surface area (Å²) in [4.78, 5) is 25.8. The molecule has 2 aromatic carbocycles. The zero-order valence-corrected chi connectivity index (χ0v) is 15.7. The summed E-state index contributed by atoms with van der Waals surface area (Å²) in [6.07, 6.45) is 1.66. The van der Waals surface area contributed by atoms with Crippen LogP contribution in [0.2, 0.25) is 0 Å². The Morgan fingerprint density at radius 3 is 2.62 bits per heavy atom. The van der Waals surface area contributed by atoms with Gasteiger partial charge in [-0.15, -0.1) is 0 Å². The monoisotopic (exact) mass is 392 g/mol. The number of carbonyl (C=O) groups is 1. The lowest BCUT2D eigenvalue weighted by molar-refractivity contribution is -0.116. The summed E-state index contributed by atoms with van der Waals surface area (Å²) in [5.41, 5.74) is 1.11. The first-order valence-corrected chi connectivity index (χ1v) is 9.41. The zero-order chi connectivity index (χ0) is 20.1. The molecule has 146 valence electrons. The largest absolute Gasteiger partial charge is 0.497 e. The topological polar surface area (TPSA) is 65.7 Å². The summed E-state index contributed by atoms with van der Waals surface area (Å²) in [6, 6.07) is 11.1. The average Bonchev–Trinajstić information content (AvgIpc) is 2.73. The van der Waals surface area contributed by atoms with Crippen LogP contribution in [0, 0.1) is 5.82 Å². The smallest absolute Gasteiger partial charge is 0.344 e. The second kappa shape index (κ2) is 6.58. The van der Waals surface area contributed by atoms with E-state index in [1.165, 1.54) is 18.2 Å². The van der Waals surface area contributed by atoms with Gasteiger partial charge in [0.2, 0.25) is 0 Å². The highest BCUT2D eigenvalue weighted by molar-refractivity contribution is 6.00. The molecule has 2 heterocycles. The number of hydrogen-bond donors (Lipinski definition) is 0. The van der Waals surface area contributed by atoms with E-state index in [0.29, 0.717) is 41.7 Å². The summed E-state index contributed by atoms with van der Waals surface area (Å²) in [6.45, 7) is 0. The molecule has 29 heavy (non-hydrogen) atoms. The number of hydrogen-bond acceptors (Lipinski definition) is 5. The minimum absolute atomic E-state index is 0.0449. The van der Waals surface area contributed by atoms with Crippen LogP contribution in [0.1, 0.15) is 36.3 Å². The molecule has 5 rings (SSSR count). The van der Waals surface area contributed by atoms with Gasteiger partial charge in [0.25, 0.3) is 0 Å². The summed E-state index contributed by atoms with van der Waals surface area (Å²) >= 11 is 0. The van der Waals surface area contributed by atoms with E-state index in [1.807, 2.05) is 12.1 Å². The van der Waals surface area contributed by atoms with Gasteiger partial charge in [-0.3, -0.25) is 4.79 Å². The maximum absolute atomic E-state index is 14.0. The van der Waals surface area contributed by atoms with Gasteiger partial charge in [0, 0.05) is 18.4 Å². The van der Waals surface area contributed by atoms with Crippen LogP contribution in [0.4, 0.5) is 4.39 Å². The molecular formula is C23H17FO5. The van der Waals surface area contributed by atoms with Gasteiger partial charge in [-0.2, -0.15) is 0 Å². The number of methoxy groups -OCH3 is 1. The Hall–Kier alpha value is -3.41. The molecular weight excluding hydrogens is 375 g/mol. The quantitative estimate of drug-likeness (QED) is 0.602. The van der Waals surface area contributed by atoms with E-state index in [0.717, 1.165) is 5.56 Å². The summed E-state index contributed by atoms with van der Waals surface area (Å²) < 4.78 is 30.7. The lowest BCUT2D eigenvalue weighted by Crippen LogP contribution is -2.29. The van der Waals surface area contributed by atoms with Crippen LogP contribution in [0.15, 0.2) is 63.0 Å². The number of benzene rings is 2. The number of fused-ring (bicyclic) bond motifs is 3. The normalized spacial score (nSPS) is 18.3. The van der Waals surface area contributed by atoms with E-state index in [2.05, 4.69) is 0 Å². The van der Waals surface area contributed by atoms with Crippen LogP contribution in [0.3, 0.4) is 0 Å². The number of halogens is 1. The average molecular weight is 392 g/mol. The number of ether oxygens (including phenoxy) is 2. The van der Waals surface area contributed by atoms with Gasteiger partial charge >= 0.3 is 5.63 Å². The Morgan fingerprint density at radius 1 is 1.07 bits per heavy atom. The van der Waals surface area contributed by atoms with Gasteiger partial charge in [-0.1, -0.05) is 12.1 Å². The molecule has 3 aromatic rings. The Kier molecular flexibility index (Phi) is 4.01. The lowest BCUT2D eigenvalue weighted by Gasteiger charge is -2.32. The zero-order valence-electron chi connectivity index (χ0n) is 15.7. The van der Waals surface area contributed by atoms with Crippen LogP contribution in [-0.2, 0) is 4.79 Å². The number of carbonyl (C=O) groups excluding carboxylic acids is 1. The number of rotatable bonds is 2. The minimum Gasteiger partial charge on any atom is -0.497 e. The molecule has 1 atom stereocenters. The van der Waals surface area contributed by atoms with Crippen LogP contribution in [0.25, 0.3) is 11.0 Å². The Morgan fingerprint density at radius 2 is 1.86 bits per heavy atom. The molecule has 1 aliphatic carbocycles. The fourth-order valence-corrected chi connectivity index (χ4v) is 4.18. The predicted molar refractivity (Wildman–Crippen MR) is 104 cm³/mol. The van der Waals surface area contributed by atoms with Crippen molar-refractivity contribution in [3.8, 4) is 11.5 Å². The Balaban J connectivity index is 1.82. The molecule has 1 aliphatic heterocycles. The Labute approximate surface area is 165 Å². The molecule has 1 unspecified atom stereocenters. The van der Waals surface area contributed by atoms with Gasteiger partial charge in [0.05, 0.1) is 24.0 Å². The van der Waals surface area contributed by atoms with Gasteiger partial charge in [-0.25, -0.2) is 9.18 Å². The molecule has 2 aliphatic rings. The van der Waals surface area contributed by atoms with Gasteiger partial charge < -0.3 is 13.9 Å². The molecule has 6 heteroatoms. The molecule has 0 fully saturated rings. The second-order valence-electron chi connectivity index (χ2n) is 7.19. The summed E-state index contributed by atoms with van der Waals surface area (Å²) in [7, 11) is 1.57. The fourth-order valence-electron chi connectivity index (χ4n) is 4.18. The highest BCUT2D eigenvalue weighted by Crippen LogP contribution is 2.47. The SMILES string of the molecule is COc1ccc(C2C3=C(CCCC3=O)Oc3c2c(=O)oc2ccc(F)cc32)cc1. The third-order valence-corrected chi connectivity index (χ3v) is 5.51. The van der Waals surface area contributed by atoms with Gasteiger partial charge in [0.1, 0.15) is 28.7 Å². The number of ketones is 1. The predicted octanol–water partition coefficient (Wildman–Crippen LogP) is 4.47. The first-order valence-electron chi connectivity index (χ1n) is 9.41. The summed E-state index contributed by atoms with van der Waals surface area (Å²) in [5, 5.41) is 0.377. The van der Waals surface area contributed by atoms with Gasteiger partial charge in [-0.05, 0) is 42.3 Å². The van der Waals surface area contributed by atoms with Crippen molar-refractivity contribution >= 4 is 16.8 Å². The molecule has 0 bridgehead atoms. The molecule has 0 saturated heterocycles. The molecule has 0 spiro atoms. The van der Waals surface area contributed by atoms with Crippen LogP contribution in [-0.4, -0.2) is 12.9 Å². The van der Waals surface area contributed by atoms with Crippen molar-refractivity contribution in [1.82, 2.24) is 0 Å². The van der Waals surface area contributed by atoms with E-state index < -0.39 is 17.4 Å². The third-order valence-electron chi connectivity index (χ3n) is 5.51. The lowest BCUT2D eigenvalue weighted by atomic mass is 9.77. The van der Waals surface area contributed by atoms with E-state index in [9.17, 15) is 14.0 Å². The standard InChI is InChI=1S/C23H17FO5/c1-27-14-8-5-12(6-9-14)19-20-16(25)3-2-4-18(20)28-22-15-11-13(24)7-10-17(15)29-23(26)21(19)22/h5-11,19H,2-4H2,1H3. The molecule has 0 N–H and O–H groups in total. The van der Waals surface area contributed by atoms with Crippen molar-refractivity contribution in [3.63, 3.8) is 0 Å². The van der Waals surface area contributed by atoms with Gasteiger partial charge in [0.15, 0.2) is 5.78 Å². The molecule has 1 aromatic heterocycles. The fraction of sp³-hybridized carbons (Fsp3) is 0.217. The summed E-state index contributed by atoms with van der Waals surface area (Å²) in [5.74, 6) is 0.346. The highest BCUT2D eigenvalue weighted by Gasteiger charge is 2.40. The number of allylic oxidation sites excluding steroid dienone is 2. The second-order valence-corrected chi connectivity index (χ2v) is 7.19. The minimum atomic E-state index is -0.628. The Bertz CT molecular complexity index is 1240. The third kappa shape index (κ3) is 2.75. The maximum atomic E-state index is 14.0. The van der Waals surface area contributed by atoms with Crippen molar-refractivity contribution < 1.29 is 23.1 Å². The first-order chi connectivity index (χ1) is 14.1. The van der Waals surface area contributed by atoms with E-state index in [-0.39, 0.29) is 22.7 Å². The van der Waals surface area contributed by atoms with Crippen molar-refractivity contribution in [1.29, 1.82) is 0 Å². The molecule has 0 amide bonds. The van der Waals surface area contributed by atoms with E-state index in [4.69, 9.17) is 13.9 Å². The number of Topliss-reactive ketones (excluding diaryl/α,β-unsaturated/α-hetero) is 1. The van der Waals surface area contributed by atoms with E-state index in [1.54, 1.807) is 19.2 Å². The van der Waals surface area contributed by atoms with Crippen molar-refractivity contribution in [2.75, 3.05) is 7.11 Å². The van der Waals surface area contributed by atoms with Crippen LogP contribution < -0.4 is 15.1 Å². The highest BCUT2D eigenvalue weighted by atomic mass is 19.1. The maximum Gasteiger partial charge on any atom is 0.344 e. The van der Waals surface area contributed by atoms with Crippen LogP contribution >= 0.6 is 0 Å². The van der Waals surface area contributed by atoms with Crippen molar-refractivity contribution in [2.24, 2.45) is 0 Å².